The van der Waals surface area contributed by atoms with Crippen molar-refractivity contribution in [1.82, 2.24) is 49.9 Å². The number of esters is 1. The van der Waals surface area contributed by atoms with Crippen molar-refractivity contribution in [1.29, 1.82) is 0 Å². The standard InChI is InChI=1S/C60H80F3N11O6S/c1-35(2)50(71-19-16-59(31-71)17-20-72(32-59)56(77)53-51(68(53)6)37-10-11-37)54(75)66-45-27-48-65-46(30-81-48)38-12-15-47-41(25-38)43(28-58(4,5)34-80-57(78)44-9-8-18-74(67-44)55(45)76)52(73(47)33-60(61,62)63)42-26-40(29-64-49(42)36(3)79-7)70-23-21-69(22-24-70)39-13-14-39/h12,15,25-26,29-30,35-37,39,44-45,50-51,53,67H,8-11,13-14,16-24,27-28,31-34H2,1-7H3,(H,66,75)/t36-,44-,45-,50-,51+,53+,59-,68?/m0/s1/i1D3,2D3,50D. The SMILES string of the molecule is [2H]C([2H])([2H])C(C([2H])([2H])[2H])[C@@]([2H])(C(=O)N[C@H]1Cc2nc(cs2)-c2ccc3c(c2)c(c(-c2cc(N4CCN(C5CC5)CC4)cnc2[C@H](C)OC)n3CC(F)(F)F)CC(C)(C)COC(=O)[C@@H]2CCCN(N2)C1=O)N1CC[C@]2(CCN(C(=O)[C@H]3[C@@H](C4CC4)N3C)C2)C1. The Morgan fingerprint density at radius 3 is 2.53 bits per heavy atom. The van der Waals surface area contributed by atoms with E-state index in [2.05, 4.69) is 25.4 Å². The number of likely N-dealkylation sites (N-methyl/N-ethyl adjacent to an activating group) is 1. The quantitative estimate of drug-likeness (QED) is 0.110. The molecule has 3 amide bonds. The van der Waals surface area contributed by atoms with Crippen molar-refractivity contribution in [3.63, 3.8) is 0 Å². The summed E-state index contributed by atoms with van der Waals surface area (Å²) in [5.74, 6) is -4.88. The fourth-order valence-electron chi connectivity index (χ4n) is 13.8. The summed E-state index contributed by atoms with van der Waals surface area (Å²) in [5, 5.41) is 6.37. The Bertz CT molecular complexity index is 3340. The van der Waals surface area contributed by atoms with E-state index in [0.29, 0.717) is 95.0 Å². The molecule has 4 aromatic rings. The highest BCUT2D eigenvalue weighted by Crippen LogP contribution is 2.49. The van der Waals surface area contributed by atoms with Crippen molar-refractivity contribution in [2.75, 3.05) is 84.6 Å². The number of halogens is 3. The number of ether oxygens (including phenoxy) is 2. The third-order valence-electron chi connectivity index (χ3n) is 18.5. The van der Waals surface area contributed by atoms with Gasteiger partial charge in [0, 0.05) is 124 Å². The van der Waals surface area contributed by atoms with Crippen molar-refractivity contribution >= 4 is 51.6 Å². The number of benzene rings is 1. The van der Waals surface area contributed by atoms with Gasteiger partial charge in [0.1, 0.15) is 24.7 Å². The molecular formula is C60H80F3N11O6S. The predicted octanol–water partition coefficient (Wildman–Crippen LogP) is 7.07. The van der Waals surface area contributed by atoms with Crippen molar-refractivity contribution in [3.8, 4) is 22.5 Å². The zero-order valence-electron chi connectivity index (χ0n) is 53.9. The second-order valence-corrected chi connectivity index (χ2v) is 26.0. The van der Waals surface area contributed by atoms with E-state index >= 15 is 22.8 Å². The number of piperazine rings is 1. The Morgan fingerprint density at radius 1 is 1.02 bits per heavy atom. The lowest BCUT2D eigenvalue weighted by atomic mass is 9.84. The minimum atomic E-state index is -4.68. The molecule has 2 aliphatic carbocycles. The van der Waals surface area contributed by atoms with Gasteiger partial charge in [-0.3, -0.25) is 43.9 Å². The maximum Gasteiger partial charge on any atom is 0.406 e. The number of anilines is 1. The molecule has 6 bridgehead atoms. The summed E-state index contributed by atoms with van der Waals surface area (Å²) in [7, 11) is 3.47. The molecule has 81 heavy (non-hydrogen) atoms. The average Bonchev–Trinajstić information content (AvgIpc) is 2.00. The van der Waals surface area contributed by atoms with Crippen LogP contribution >= 0.6 is 11.3 Å². The average molecular weight is 1150 g/mol. The highest BCUT2D eigenvalue weighted by molar-refractivity contribution is 7.10. The van der Waals surface area contributed by atoms with Crippen LogP contribution in [0.4, 0.5) is 18.9 Å². The highest BCUT2D eigenvalue weighted by Gasteiger charge is 2.59. The Hall–Kier alpha value is -5.19. The van der Waals surface area contributed by atoms with Gasteiger partial charge in [0.2, 0.25) is 11.8 Å². The molecule has 1 spiro atoms. The van der Waals surface area contributed by atoms with E-state index < -0.39 is 85.2 Å². The summed E-state index contributed by atoms with van der Waals surface area (Å²) in [6.45, 7) is 1.00. The van der Waals surface area contributed by atoms with Gasteiger partial charge in [-0.2, -0.15) is 13.2 Å². The van der Waals surface area contributed by atoms with E-state index in [9.17, 15) is 11.0 Å². The number of amides is 3. The minimum absolute atomic E-state index is 0.00143. The van der Waals surface area contributed by atoms with Crippen molar-refractivity contribution in [2.24, 2.45) is 22.7 Å². The van der Waals surface area contributed by atoms with Crippen LogP contribution in [-0.4, -0.2) is 185 Å². The molecule has 5 saturated heterocycles. The fraction of sp³-hybridized carbons (Fsp3) is 0.667. The number of methoxy groups -OCH3 is 1. The molecule has 438 valence electrons. The number of likely N-dealkylation sites (tertiary alicyclic amines) is 2. The first-order chi connectivity index (χ1) is 41.5. The van der Waals surface area contributed by atoms with Crippen LogP contribution in [0, 0.1) is 22.7 Å². The predicted molar refractivity (Wildman–Crippen MR) is 303 cm³/mol. The van der Waals surface area contributed by atoms with E-state index in [4.69, 9.17) is 27.7 Å². The molecule has 3 aromatic heterocycles. The van der Waals surface area contributed by atoms with Crippen LogP contribution in [0.2, 0.25) is 0 Å². The number of nitrogens with one attached hydrogen (secondary N) is 2. The van der Waals surface area contributed by atoms with Crippen LogP contribution < -0.4 is 15.6 Å². The molecule has 6 aliphatic heterocycles. The number of cyclic esters (lactones) is 1. The number of hydrazine groups is 1. The Kier molecular flexibility index (Phi) is 13.0. The first-order valence-corrected chi connectivity index (χ1v) is 29.8. The highest BCUT2D eigenvalue weighted by atomic mass is 32.1. The lowest BCUT2D eigenvalue weighted by molar-refractivity contribution is -0.155. The fourth-order valence-corrected chi connectivity index (χ4v) is 14.6. The molecule has 8 aliphatic rings. The van der Waals surface area contributed by atoms with Crippen LogP contribution in [0.5, 0.6) is 0 Å². The van der Waals surface area contributed by atoms with E-state index in [-0.39, 0.29) is 75.6 Å². The van der Waals surface area contributed by atoms with E-state index in [1.807, 2.05) is 27.0 Å². The minimum Gasteiger partial charge on any atom is -0.464 e. The Balaban J connectivity index is 0.917. The maximum atomic E-state index is 15.4. The van der Waals surface area contributed by atoms with Gasteiger partial charge in [-0.25, -0.2) is 10.4 Å². The van der Waals surface area contributed by atoms with Gasteiger partial charge in [-0.1, -0.05) is 33.6 Å². The molecule has 1 aromatic carbocycles. The van der Waals surface area contributed by atoms with E-state index in [0.717, 1.165) is 43.0 Å². The zero-order chi connectivity index (χ0) is 62.8. The number of hydrogen-bond acceptors (Lipinski definition) is 14. The first-order valence-electron chi connectivity index (χ1n) is 32.5. The number of nitrogens with zero attached hydrogens (tertiary/aromatic N) is 9. The van der Waals surface area contributed by atoms with Crippen LogP contribution in [0.3, 0.4) is 0 Å². The van der Waals surface area contributed by atoms with Gasteiger partial charge in [0.05, 0.1) is 54.1 Å². The van der Waals surface area contributed by atoms with Crippen molar-refractivity contribution in [3.05, 3.63) is 52.1 Å². The third kappa shape index (κ3) is 11.5. The van der Waals surface area contributed by atoms with Gasteiger partial charge in [-0.05, 0) is 114 Å². The van der Waals surface area contributed by atoms with Crippen molar-refractivity contribution in [2.45, 2.75) is 154 Å². The Labute approximate surface area is 487 Å². The number of alkyl halides is 3. The largest absolute Gasteiger partial charge is 0.464 e. The molecule has 2 N–H and O–H groups in total. The number of carbonyl (C=O) groups excluding carboxylic acids is 4. The van der Waals surface area contributed by atoms with E-state index in [1.165, 1.54) is 34.4 Å². The summed E-state index contributed by atoms with van der Waals surface area (Å²) >= 11 is 1.13. The summed E-state index contributed by atoms with van der Waals surface area (Å²) in [5.41, 5.74) is 5.12. The number of hydrogen-bond donors (Lipinski definition) is 2. The van der Waals surface area contributed by atoms with Crippen molar-refractivity contribution < 1.29 is 51.4 Å². The van der Waals surface area contributed by atoms with Crippen LogP contribution in [0.1, 0.15) is 118 Å². The van der Waals surface area contributed by atoms with E-state index in [1.54, 1.807) is 41.6 Å². The van der Waals surface area contributed by atoms with Crippen LogP contribution in [-0.2, 0) is 48.0 Å². The smallest absolute Gasteiger partial charge is 0.406 e. The van der Waals surface area contributed by atoms with Gasteiger partial charge < -0.3 is 29.2 Å². The molecular weight excluding hydrogens is 1060 g/mol. The number of aromatic nitrogens is 3. The maximum absolute atomic E-state index is 15.4. The molecule has 2 saturated carbocycles. The number of fused-ring (bicyclic) bond motifs is 6. The molecule has 1 unspecified atom stereocenters. The van der Waals surface area contributed by atoms with Gasteiger partial charge in [0.25, 0.3) is 5.91 Å². The molecule has 9 heterocycles. The number of rotatable bonds is 12. The normalized spacial score (nSPS) is 30.4. The number of thiazole rings is 1. The summed E-state index contributed by atoms with van der Waals surface area (Å²) < 4.78 is 121. The van der Waals surface area contributed by atoms with Gasteiger partial charge in [-0.15, -0.1) is 11.3 Å². The molecule has 7 fully saturated rings. The summed E-state index contributed by atoms with van der Waals surface area (Å²) in [6, 6.07) is 1.87. The lowest BCUT2D eigenvalue weighted by Gasteiger charge is -2.37. The zero-order valence-corrected chi connectivity index (χ0v) is 47.8. The second-order valence-electron chi connectivity index (χ2n) is 25.1. The van der Waals surface area contributed by atoms with Gasteiger partial charge >= 0.3 is 12.1 Å². The number of carbonyl (C=O) groups is 4. The Morgan fingerprint density at radius 2 is 1.80 bits per heavy atom. The lowest BCUT2D eigenvalue weighted by Crippen LogP contribution is -2.62. The monoisotopic (exact) mass is 1150 g/mol. The number of pyridine rings is 1. The summed E-state index contributed by atoms with van der Waals surface area (Å²) in [4.78, 5) is 78.6. The molecule has 17 nitrogen and oxygen atoms in total. The van der Waals surface area contributed by atoms with Crippen LogP contribution in [0.15, 0.2) is 35.8 Å². The topological polar surface area (TPSA) is 161 Å². The molecule has 12 rings (SSSR count). The third-order valence-corrected chi connectivity index (χ3v) is 19.4. The molecule has 0 radical (unpaired) electrons. The first kappa shape index (κ1) is 48.2. The molecule has 21 heteroatoms. The summed E-state index contributed by atoms with van der Waals surface area (Å²) in [6.07, 6.45) is 2.13. The van der Waals surface area contributed by atoms with Crippen LogP contribution in [0.25, 0.3) is 33.4 Å². The molecule has 8 atom stereocenters. The second kappa shape index (κ2) is 21.8. The van der Waals surface area contributed by atoms with Gasteiger partial charge in [0.15, 0.2) is 0 Å².